The van der Waals surface area contributed by atoms with Crippen molar-refractivity contribution in [1.82, 2.24) is 4.98 Å². The quantitative estimate of drug-likeness (QED) is 0.298. The Hall–Kier alpha value is -3.57. The summed E-state index contributed by atoms with van der Waals surface area (Å²) >= 11 is 1.67. The van der Waals surface area contributed by atoms with Crippen LogP contribution in [0.25, 0.3) is 22.6 Å². The fourth-order valence-corrected chi connectivity index (χ4v) is 4.65. The minimum absolute atomic E-state index is 0.220. The highest BCUT2D eigenvalue weighted by atomic mass is 32.1. The van der Waals surface area contributed by atoms with Crippen molar-refractivity contribution in [1.29, 1.82) is 0 Å². The predicted octanol–water partition coefficient (Wildman–Crippen LogP) is 5.82. The first-order valence-corrected chi connectivity index (χ1v) is 11.0. The molecule has 1 aliphatic carbocycles. The second-order valence-corrected chi connectivity index (χ2v) is 8.36. The van der Waals surface area contributed by atoms with E-state index in [2.05, 4.69) is 12.1 Å². The third kappa shape index (κ3) is 3.80. The second kappa shape index (κ2) is 8.28. The maximum Gasteiger partial charge on any atom is 0.339 e. The number of Topliss-reactive ketones (excluding diaryl/α,β-unsaturated/α-hetero) is 1. The largest absolute Gasteiger partial charge is 0.454 e. The molecule has 0 saturated heterocycles. The van der Waals surface area contributed by atoms with E-state index in [0.29, 0.717) is 11.1 Å². The van der Waals surface area contributed by atoms with Gasteiger partial charge in [0.05, 0.1) is 16.8 Å². The third-order valence-electron chi connectivity index (χ3n) is 5.44. The van der Waals surface area contributed by atoms with Crippen molar-refractivity contribution in [2.45, 2.75) is 12.8 Å². The Morgan fingerprint density at radius 3 is 2.58 bits per heavy atom. The topological polar surface area (TPSA) is 56.3 Å². The van der Waals surface area contributed by atoms with Crippen molar-refractivity contribution in [3.05, 3.63) is 99.4 Å². The summed E-state index contributed by atoms with van der Waals surface area (Å²) in [7, 11) is 0. The number of thiophene rings is 1. The van der Waals surface area contributed by atoms with Gasteiger partial charge in [-0.25, -0.2) is 9.78 Å². The molecule has 2 heterocycles. The molecular weight excluding hydrogens is 406 g/mol. The van der Waals surface area contributed by atoms with Crippen molar-refractivity contribution in [3.8, 4) is 0 Å². The van der Waals surface area contributed by atoms with Crippen LogP contribution in [-0.2, 0) is 11.2 Å². The standard InChI is InChI=1S/C26H19NO3S/c28-23(17-7-2-1-3-8-17)16-30-26(29)24-20-10-4-5-11-22(20)27-25-18(12-13-21(24)25)15-19-9-6-14-31-19/h1-11,14-15H,12-13,16H2. The summed E-state index contributed by atoms with van der Waals surface area (Å²) in [6.45, 7) is -0.286. The maximum absolute atomic E-state index is 13.2. The Morgan fingerprint density at radius 2 is 1.77 bits per heavy atom. The Labute approximate surface area is 183 Å². The van der Waals surface area contributed by atoms with Gasteiger partial charge in [0.25, 0.3) is 0 Å². The molecule has 5 rings (SSSR count). The van der Waals surface area contributed by atoms with E-state index in [0.717, 1.165) is 45.5 Å². The summed E-state index contributed by atoms with van der Waals surface area (Å²) in [6, 6.07) is 20.5. The van der Waals surface area contributed by atoms with E-state index in [9.17, 15) is 9.59 Å². The number of hydrogen-bond acceptors (Lipinski definition) is 5. The lowest BCUT2D eigenvalue weighted by atomic mass is 10.0. The molecule has 2 aromatic heterocycles. The number of para-hydroxylation sites is 1. The number of ether oxygens (including phenoxy) is 1. The smallest absolute Gasteiger partial charge is 0.339 e. The molecular formula is C26H19NO3S. The lowest BCUT2D eigenvalue weighted by Crippen LogP contribution is -2.16. The zero-order chi connectivity index (χ0) is 21.2. The zero-order valence-electron chi connectivity index (χ0n) is 16.7. The molecule has 0 fully saturated rings. The highest BCUT2D eigenvalue weighted by Gasteiger charge is 2.28. The average Bonchev–Trinajstić information content (AvgIpc) is 3.47. The number of benzene rings is 2. The Balaban J connectivity index is 1.51. The lowest BCUT2D eigenvalue weighted by molar-refractivity contribution is 0.0475. The first kappa shape index (κ1) is 19.4. The van der Waals surface area contributed by atoms with Crippen molar-refractivity contribution < 1.29 is 14.3 Å². The van der Waals surface area contributed by atoms with Crippen molar-refractivity contribution >= 4 is 45.6 Å². The third-order valence-corrected chi connectivity index (χ3v) is 6.26. The molecule has 152 valence electrons. The molecule has 1 aliphatic rings. The van der Waals surface area contributed by atoms with E-state index >= 15 is 0 Å². The van der Waals surface area contributed by atoms with Crippen LogP contribution in [0.2, 0.25) is 0 Å². The van der Waals surface area contributed by atoms with E-state index in [1.807, 2.05) is 41.8 Å². The molecule has 31 heavy (non-hydrogen) atoms. The number of carbonyl (C=O) groups excluding carboxylic acids is 2. The molecule has 2 aromatic carbocycles. The van der Waals surface area contributed by atoms with Gasteiger partial charge in [0.15, 0.2) is 12.4 Å². The molecule has 0 radical (unpaired) electrons. The number of carbonyl (C=O) groups is 2. The number of aromatic nitrogens is 1. The van der Waals surface area contributed by atoms with Gasteiger partial charge >= 0.3 is 5.97 Å². The van der Waals surface area contributed by atoms with Gasteiger partial charge in [-0.3, -0.25) is 4.79 Å². The van der Waals surface area contributed by atoms with E-state index < -0.39 is 5.97 Å². The van der Waals surface area contributed by atoms with Crippen LogP contribution in [0.15, 0.2) is 72.1 Å². The van der Waals surface area contributed by atoms with Crippen molar-refractivity contribution in [2.24, 2.45) is 0 Å². The van der Waals surface area contributed by atoms with Gasteiger partial charge in [0.2, 0.25) is 0 Å². The summed E-state index contributed by atoms with van der Waals surface area (Å²) < 4.78 is 5.49. The van der Waals surface area contributed by atoms with Crippen LogP contribution in [0, 0.1) is 0 Å². The number of rotatable bonds is 5. The van der Waals surface area contributed by atoms with Crippen LogP contribution in [0.3, 0.4) is 0 Å². The molecule has 0 N–H and O–H groups in total. The predicted molar refractivity (Wildman–Crippen MR) is 123 cm³/mol. The van der Waals surface area contributed by atoms with Gasteiger partial charge in [-0.1, -0.05) is 54.6 Å². The fourth-order valence-electron chi connectivity index (χ4n) is 3.97. The van der Waals surface area contributed by atoms with Crippen molar-refractivity contribution in [3.63, 3.8) is 0 Å². The number of pyridine rings is 1. The maximum atomic E-state index is 13.2. The van der Waals surface area contributed by atoms with Crippen LogP contribution in [0.5, 0.6) is 0 Å². The van der Waals surface area contributed by atoms with E-state index in [4.69, 9.17) is 9.72 Å². The average molecular weight is 426 g/mol. The Bertz CT molecular complexity index is 1310. The molecule has 4 aromatic rings. The van der Waals surface area contributed by atoms with Crippen LogP contribution in [-0.4, -0.2) is 23.3 Å². The van der Waals surface area contributed by atoms with Gasteiger partial charge in [-0.05, 0) is 47.6 Å². The van der Waals surface area contributed by atoms with E-state index in [-0.39, 0.29) is 12.4 Å². The number of ketones is 1. The number of hydrogen-bond donors (Lipinski definition) is 0. The highest BCUT2D eigenvalue weighted by molar-refractivity contribution is 7.10. The number of nitrogens with zero attached hydrogens (tertiary/aromatic N) is 1. The number of allylic oxidation sites excluding steroid dienone is 1. The second-order valence-electron chi connectivity index (χ2n) is 7.38. The summed E-state index contributed by atoms with van der Waals surface area (Å²) in [6.07, 6.45) is 3.69. The molecule has 0 unspecified atom stereocenters. The Morgan fingerprint density at radius 1 is 0.968 bits per heavy atom. The summed E-state index contributed by atoms with van der Waals surface area (Å²) in [5.74, 6) is -0.696. The van der Waals surface area contributed by atoms with E-state index in [1.54, 1.807) is 35.6 Å². The van der Waals surface area contributed by atoms with Crippen LogP contribution >= 0.6 is 11.3 Å². The first-order chi connectivity index (χ1) is 15.2. The molecule has 0 atom stereocenters. The molecule has 4 nitrogen and oxygen atoms in total. The summed E-state index contributed by atoms with van der Waals surface area (Å²) in [5, 5.41) is 2.80. The molecule has 0 amide bonds. The van der Waals surface area contributed by atoms with Crippen LogP contribution < -0.4 is 0 Å². The van der Waals surface area contributed by atoms with Crippen LogP contribution in [0.4, 0.5) is 0 Å². The summed E-state index contributed by atoms with van der Waals surface area (Å²) in [4.78, 5) is 31.6. The van der Waals surface area contributed by atoms with Gasteiger partial charge in [-0.15, -0.1) is 11.3 Å². The van der Waals surface area contributed by atoms with Gasteiger partial charge in [-0.2, -0.15) is 0 Å². The summed E-state index contributed by atoms with van der Waals surface area (Å²) in [5.41, 5.74) is 4.68. The molecule has 0 saturated carbocycles. The minimum Gasteiger partial charge on any atom is -0.454 e. The normalized spacial score (nSPS) is 14.0. The van der Waals surface area contributed by atoms with Gasteiger partial charge in [0.1, 0.15) is 0 Å². The minimum atomic E-state index is -0.475. The fraction of sp³-hybridized carbons (Fsp3) is 0.115. The SMILES string of the molecule is O=C(COC(=O)c1c2c(nc3ccccc13)C(=Cc1cccs1)CC2)c1ccccc1. The monoisotopic (exact) mass is 425 g/mol. The lowest BCUT2D eigenvalue weighted by Gasteiger charge is -2.12. The molecule has 5 heteroatoms. The molecule has 0 spiro atoms. The van der Waals surface area contributed by atoms with Gasteiger partial charge in [0, 0.05) is 15.8 Å². The van der Waals surface area contributed by atoms with Gasteiger partial charge < -0.3 is 4.74 Å². The van der Waals surface area contributed by atoms with Crippen molar-refractivity contribution in [2.75, 3.05) is 6.61 Å². The molecule has 0 aliphatic heterocycles. The van der Waals surface area contributed by atoms with E-state index in [1.165, 1.54) is 0 Å². The van der Waals surface area contributed by atoms with Crippen LogP contribution in [0.1, 0.15) is 43.3 Å². The number of fused-ring (bicyclic) bond motifs is 2. The Kier molecular flexibility index (Phi) is 5.18. The highest BCUT2D eigenvalue weighted by Crippen LogP contribution is 2.38. The zero-order valence-corrected chi connectivity index (χ0v) is 17.5. The first-order valence-electron chi connectivity index (χ1n) is 10.1. The number of esters is 1. The molecule has 0 bridgehead atoms.